The van der Waals surface area contributed by atoms with E-state index in [-0.39, 0.29) is 18.7 Å². The lowest BCUT2D eigenvalue weighted by molar-refractivity contribution is -0.140. The molecule has 1 fully saturated rings. The highest BCUT2D eigenvalue weighted by Crippen LogP contribution is 2.17. The van der Waals surface area contributed by atoms with E-state index in [2.05, 4.69) is 0 Å². The Morgan fingerprint density at radius 2 is 2.20 bits per heavy atom. The van der Waals surface area contributed by atoms with Gasteiger partial charge in [0.05, 0.1) is 13.0 Å². The molecule has 0 aromatic heterocycles. The van der Waals surface area contributed by atoms with Crippen LogP contribution in [0, 0.1) is 5.92 Å². The van der Waals surface area contributed by atoms with Gasteiger partial charge in [-0.25, -0.2) is 0 Å². The molecule has 1 heterocycles. The Morgan fingerprint density at radius 1 is 1.47 bits per heavy atom. The average molecular weight is 215 g/mol. The highest BCUT2D eigenvalue weighted by Gasteiger charge is 2.25. The van der Waals surface area contributed by atoms with Crippen LogP contribution in [0.15, 0.2) is 0 Å². The Kier molecular flexibility index (Phi) is 4.55. The predicted octanol–water partition coefficient (Wildman–Crippen LogP) is 0.346. The van der Waals surface area contributed by atoms with E-state index in [1.165, 1.54) is 0 Å². The molecule has 1 N–H and O–H groups in total. The van der Waals surface area contributed by atoms with Crippen LogP contribution in [0.3, 0.4) is 0 Å². The highest BCUT2D eigenvalue weighted by molar-refractivity contribution is 5.80. The molecule has 5 nitrogen and oxygen atoms in total. The summed E-state index contributed by atoms with van der Waals surface area (Å²) in [5, 5.41) is 8.45. The molecule has 1 rings (SSSR count). The first-order valence-electron chi connectivity index (χ1n) is 5.12. The third-order valence-electron chi connectivity index (χ3n) is 2.59. The Labute approximate surface area is 89.0 Å². The molecule has 0 aromatic rings. The topological polar surface area (TPSA) is 66.8 Å². The number of nitrogens with zero attached hydrogens (tertiary/aromatic N) is 1. The zero-order valence-corrected chi connectivity index (χ0v) is 8.94. The van der Waals surface area contributed by atoms with Crippen molar-refractivity contribution in [2.75, 3.05) is 26.8 Å². The fraction of sp³-hybridized carbons (Fsp3) is 0.800. The summed E-state index contributed by atoms with van der Waals surface area (Å²) >= 11 is 0. The average Bonchev–Trinajstić information content (AvgIpc) is 2.63. The number of carboxylic acids is 1. The van der Waals surface area contributed by atoms with E-state index in [9.17, 15) is 9.59 Å². The molecular weight excluding hydrogens is 198 g/mol. The summed E-state index contributed by atoms with van der Waals surface area (Å²) in [5.74, 6) is -0.573. The summed E-state index contributed by atoms with van der Waals surface area (Å²) in [6, 6.07) is 0. The van der Waals surface area contributed by atoms with Crippen molar-refractivity contribution in [3.63, 3.8) is 0 Å². The van der Waals surface area contributed by atoms with Gasteiger partial charge in [-0.3, -0.25) is 9.59 Å². The van der Waals surface area contributed by atoms with E-state index in [4.69, 9.17) is 9.84 Å². The van der Waals surface area contributed by atoms with Crippen molar-refractivity contribution in [1.29, 1.82) is 0 Å². The molecule has 0 unspecified atom stereocenters. The van der Waals surface area contributed by atoms with Crippen molar-refractivity contribution in [1.82, 2.24) is 4.90 Å². The maximum atomic E-state index is 11.5. The minimum absolute atomic E-state index is 0.0593. The fourth-order valence-electron chi connectivity index (χ4n) is 1.80. The van der Waals surface area contributed by atoms with Crippen LogP contribution in [-0.4, -0.2) is 48.7 Å². The number of ether oxygens (including phenoxy) is 1. The third-order valence-corrected chi connectivity index (χ3v) is 2.59. The Morgan fingerprint density at radius 3 is 2.80 bits per heavy atom. The lowest BCUT2D eigenvalue weighted by Crippen LogP contribution is -2.29. The van der Waals surface area contributed by atoms with E-state index in [1.54, 1.807) is 12.0 Å². The van der Waals surface area contributed by atoms with Crippen LogP contribution in [-0.2, 0) is 14.3 Å². The lowest BCUT2D eigenvalue weighted by Gasteiger charge is -2.15. The summed E-state index contributed by atoms with van der Waals surface area (Å²) < 4.78 is 5.02. The molecule has 1 saturated heterocycles. The van der Waals surface area contributed by atoms with Crippen LogP contribution in [0.25, 0.3) is 0 Å². The van der Waals surface area contributed by atoms with E-state index < -0.39 is 5.97 Å². The molecule has 86 valence electrons. The van der Waals surface area contributed by atoms with Gasteiger partial charge in [0.15, 0.2) is 0 Å². The van der Waals surface area contributed by atoms with Crippen LogP contribution in [0.5, 0.6) is 0 Å². The number of rotatable bonds is 5. The van der Waals surface area contributed by atoms with E-state index in [0.29, 0.717) is 19.1 Å². The van der Waals surface area contributed by atoms with Crippen molar-refractivity contribution < 1.29 is 19.4 Å². The number of methoxy groups -OCH3 is 1. The third kappa shape index (κ3) is 3.87. The summed E-state index contributed by atoms with van der Waals surface area (Å²) in [6.45, 7) is 2.10. The monoisotopic (exact) mass is 215 g/mol. The molecule has 15 heavy (non-hydrogen) atoms. The molecule has 0 aliphatic carbocycles. The minimum Gasteiger partial charge on any atom is -0.481 e. The van der Waals surface area contributed by atoms with Gasteiger partial charge in [-0.1, -0.05) is 0 Å². The summed E-state index contributed by atoms with van der Waals surface area (Å²) in [5.41, 5.74) is 0. The van der Waals surface area contributed by atoms with Gasteiger partial charge in [0.25, 0.3) is 0 Å². The second-order valence-corrected chi connectivity index (χ2v) is 3.84. The number of carboxylic acid groups (broad SMARTS) is 1. The van der Waals surface area contributed by atoms with Gasteiger partial charge < -0.3 is 14.7 Å². The first kappa shape index (κ1) is 12.0. The maximum absolute atomic E-state index is 11.5. The number of carbonyl (C=O) groups is 2. The van der Waals surface area contributed by atoms with Crippen molar-refractivity contribution in [2.24, 2.45) is 5.92 Å². The molecule has 0 aromatic carbocycles. The molecular formula is C10H17NO4. The first-order chi connectivity index (χ1) is 7.13. The molecule has 0 saturated carbocycles. The number of amides is 1. The molecule has 1 atom stereocenters. The zero-order chi connectivity index (χ0) is 11.3. The van der Waals surface area contributed by atoms with Crippen molar-refractivity contribution >= 4 is 11.9 Å². The Hall–Kier alpha value is -1.10. The normalized spacial score (nSPS) is 20.6. The molecule has 0 spiro atoms. The van der Waals surface area contributed by atoms with Crippen LogP contribution < -0.4 is 0 Å². The molecule has 5 heteroatoms. The van der Waals surface area contributed by atoms with Gasteiger partial charge in [0.1, 0.15) is 0 Å². The maximum Gasteiger partial charge on any atom is 0.303 e. The van der Waals surface area contributed by atoms with E-state index in [1.807, 2.05) is 0 Å². The second kappa shape index (κ2) is 5.70. The van der Waals surface area contributed by atoms with Crippen LogP contribution in [0.1, 0.15) is 19.3 Å². The number of carbonyl (C=O) groups excluding carboxylic acids is 1. The number of likely N-dealkylation sites (tertiary alicyclic amines) is 1. The van der Waals surface area contributed by atoms with Gasteiger partial charge in [-0.15, -0.1) is 0 Å². The van der Waals surface area contributed by atoms with Gasteiger partial charge in [0, 0.05) is 32.5 Å². The van der Waals surface area contributed by atoms with Crippen LogP contribution in [0.4, 0.5) is 0 Å². The molecule has 0 radical (unpaired) electrons. The van der Waals surface area contributed by atoms with Gasteiger partial charge in [0.2, 0.25) is 5.91 Å². The van der Waals surface area contributed by atoms with E-state index >= 15 is 0 Å². The predicted molar refractivity (Wildman–Crippen MR) is 53.4 cm³/mol. The molecule has 1 aliphatic heterocycles. The number of aliphatic carboxylic acids is 1. The quantitative estimate of drug-likeness (QED) is 0.718. The SMILES string of the molecule is COC[C@@H]1CCN(C(=O)CCC(=O)O)C1. The largest absolute Gasteiger partial charge is 0.481 e. The van der Waals surface area contributed by atoms with Gasteiger partial charge in [-0.05, 0) is 6.42 Å². The number of hydrogen-bond donors (Lipinski definition) is 1. The van der Waals surface area contributed by atoms with Crippen LogP contribution in [0.2, 0.25) is 0 Å². The standard InChI is InChI=1S/C10H17NO4/c1-15-7-8-4-5-11(6-8)9(12)2-3-10(13)14/h8H,2-7H2,1H3,(H,13,14)/t8-/m1/s1. The van der Waals surface area contributed by atoms with Crippen molar-refractivity contribution in [3.8, 4) is 0 Å². The molecule has 1 amide bonds. The summed E-state index contributed by atoms with van der Waals surface area (Å²) in [4.78, 5) is 23.5. The van der Waals surface area contributed by atoms with Crippen molar-refractivity contribution in [3.05, 3.63) is 0 Å². The van der Waals surface area contributed by atoms with Crippen LogP contribution >= 0.6 is 0 Å². The Balaban J connectivity index is 2.27. The summed E-state index contributed by atoms with van der Waals surface area (Å²) in [7, 11) is 1.65. The number of hydrogen-bond acceptors (Lipinski definition) is 3. The molecule has 1 aliphatic rings. The Bertz CT molecular complexity index is 242. The first-order valence-corrected chi connectivity index (χ1v) is 5.12. The molecule has 0 bridgehead atoms. The van der Waals surface area contributed by atoms with Crippen molar-refractivity contribution in [2.45, 2.75) is 19.3 Å². The van der Waals surface area contributed by atoms with E-state index in [0.717, 1.165) is 13.0 Å². The lowest BCUT2D eigenvalue weighted by atomic mass is 10.1. The highest BCUT2D eigenvalue weighted by atomic mass is 16.5. The van der Waals surface area contributed by atoms with Gasteiger partial charge in [-0.2, -0.15) is 0 Å². The second-order valence-electron chi connectivity index (χ2n) is 3.84. The smallest absolute Gasteiger partial charge is 0.303 e. The summed E-state index contributed by atoms with van der Waals surface area (Å²) in [6.07, 6.45) is 0.978. The minimum atomic E-state index is -0.920. The van der Waals surface area contributed by atoms with Gasteiger partial charge >= 0.3 is 5.97 Å². The zero-order valence-electron chi connectivity index (χ0n) is 8.94. The fourth-order valence-corrected chi connectivity index (χ4v) is 1.80.